The highest BCUT2D eigenvalue weighted by Gasteiger charge is 2.46. The van der Waals surface area contributed by atoms with Crippen molar-refractivity contribution in [1.29, 1.82) is 0 Å². The molecule has 2 saturated carbocycles. The molecule has 116 valence electrons. The number of nitrogens with one attached hydrogen (secondary N) is 1. The maximum atomic E-state index is 12.2. The summed E-state index contributed by atoms with van der Waals surface area (Å²) in [5, 5.41) is 3.53. The monoisotopic (exact) mass is 283 g/mol. The van der Waals surface area contributed by atoms with Gasteiger partial charge in [-0.25, -0.2) is 0 Å². The van der Waals surface area contributed by atoms with E-state index in [2.05, 4.69) is 12.2 Å². The van der Waals surface area contributed by atoms with E-state index in [0.29, 0.717) is 6.04 Å². The first kappa shape index (κ1) is 15.8. The third kappa shape index (κ3) is 4.19. The molecule has 20 heavy (non-hydrogen) atoms. The fourth-order valence-corrected chi connectivity index (χ4v) is 3.16. The minimum atomic E-state index is -0.496. The predicted octanol–water partition coefficient (Wildman–Crippen LogP) is 2.80. The van der Waals surface area contributed by atoms with Crippen LogP contribution in [0.1, 0.15) is 64.7 Å². The van der Waals surface area contributed by atoms with Crippen molar-refractivity contribution in [3.63, 3.8) is 0 Å². The quantitative estimate of drug-likeness (QED) is 0.549. The molecule has 0 radical (unpaired) electrons. The molecule has 4 heteroatoms. The number of carbonyl (C=O) groups is 1. The van der Waals surface area contributed by atoms with Gasteiger partial charge in [0.2, 0.25) is 0 Å². The molecule has 0 aliphatic heterocycles. The Hall–Kier alpha value is -0.610. The molecular weight excluding hydrogens is 254 g/mol. The third-order valence-electron chi connectivity index (χ3n) is 4.44. The van der Waals surface area contributed by atoms with E-state index in [1.807, 2.05) is 0 Å². The first-order valence-corrected chi connectivity index (χ1v) is 8.18. The van der Waals surface area contributed by atoms with E-state index in [0.717, 1.165) is 38.7 Å². The lowest BCUT2D eigenvalue weighted by Gasteiger charge is -2.39. The summed E-state index contributed by atoms with van der Waals surface area (Å²) >= 11 is 0. The zero-order valence-electron chi connectivity index (χ0n) is 13.0. The molecule has 0 saturated heterocycles. The van der Waals surface area contributed by atoms with E-state index >= 15 is 0 Å². The van der Waals surface area contributed by atoms with E-state index in [4.69, 9.17) is 9.47 Å². The zero-order valence-corrected chi connectivity index (χ0v) is 13.0. The van der Waals surface area contributed by atoms with Crippen molar-refractivity contribution >= 4 is 5.97 Å². The number of rotatable bonds is 8. The van der Waals surface area contributed by atoms with Crippen molar-refractivity contribution in [3.8, 4) is 0 Å². The second-order valence-electron chi connectivity index (χ2n) is 6.29. The number of hydrogen-bond donors (Lipinski definition) is 1. The molecule has 0 bridgehead atoms. The van der Waals surface area contributed by atoms with Gasteiger partial charge in [-0.3, -0.25) is 10.1 Å². The van der Waals surface area contributed by atoms with Crippen molar-refractivity contribution in [2.45, 2.75) is 82.4 Å². The molecule has 0 aromatic carbocycles. The Balaban J connectivity index is 1.88. The molecule has 4 nitrogen and oxygen atoms in total. The van der Waals surface area contributed by atoms with Gasteiger partial charge >= 0.3 is 5.97 Å². The lowest BCUT2D eigenvalue weighted by atomic mass is 9.79. The molecule has 0 aromatic heterocycles. The molecule has 2 fully saturated rings. The standard InChI is InChI=1S/C16H29NO3/c1-3-4-5-11-20-14-7-6-10-16(12-14,15(18)19-2)17-13-8-9-13/h13-14,17H,3-12H2,1-2H3. The summed E-state index contributed by atoms with van der Waals surface area (Å²) in [5.41, 5.74) is -0.496. The molecule has 1 N–H and O–H groups in total. The maximum Gasteiger partial charge on any atom is 0.326 e. The van der Waals surface area contributed by atoms with E-state index < -0.39 is 5.54 Å². The van der Waals surface area contributed by atoms with Gasteiger partial charge in [-0.15, -0.1) is 0 Å². The molecule has 0 aromatic rings. The Morgan fingerprint density at radius 1 is 1.30 bits per heavy atom. The fraction of sp³-hybridized carbons (Fsp3) is 0.938. The van der Waals surface area contributed by atoms with Gasteiger partial charge in [-0.2, -0.15) is 0 Å². The van der Waals surface area contributed by atoms with Crippen LogP contribution < -0.4 is 5.32 Å². The Bertz CT molecular complexity index is 317. The Morgan fingerprint density at radius 3 is 2.75 bits per heavy atom. The largest absolute Gasteiger partial charge is 0.468 e. The third-order valence-corrected chi connectivity index (χ3v) is 4.44. The minimum Gasteiger partial charge on any atom is -0.468 e. The van der Waals surface area contributed by atoms with Crippen LogP contribution in [-0.4, -0.2) is 37.4 Å². The summed E-state index contributed by atoms with van der Waals surface area (Å²) in [5.74, 6) is -0.105. The van der Waals surface area contributed by atoms with Crippen molar-refractivity contribution in [2.75, 3.05) is 13.7 Å². The predicted molar refractivity (Wildman–Crippen MR) is 78.6 cm³/mol. The first-order chi connectivity index (χ1) is 9.70. The van der Waals surface area contributed by atoms with Crippen molar-refractivity contribution < 1.29 is 14.3 Å². The topological polar surface area (TPSA) is 47.6 Å². The average molecular weight is 283 g/mol. The lowest BCUT2D eigenvalue weighted by Crippen LogP contribution is -2.57. The molecule has 2 rings (SSSR count). The van der Waals surface area contributed by atoms with Gasteiger partial charge in [0, 0.05) is 19.1 Å². The van der Waals surface area contributed by atoms with Crippen LogP contribution >= 0.6 is 0 Å². The molecule has 2 atom stereocenters. The lowest BCUT2D eigenvalue weighted by molar-refractivity contribution is -0.153. The van der Waals surface area contributed by atoms with E-state index in [1.165, 1.54) is 32.8 Å². The van der Waals surface area contributed by atoms with Crippen LogP contribution in [0.3, 0.4) is 0 Å². The zero-order chi connectivity index (χ0) is 14.4. The highest BCUT2D eigenvalue weighted by atomic mass is 16.5. The van der Waals surface area contributed by atoms with Crippen molar-refractivity contribution in [3.05, 3.63) is 0 Å². The van der Waals surface area contributed by atoms with Gasteiger partial charge in [0.1, 0.15) is 5.54 Å². The van der Waals surface area contributed by atoms with Crippen LogP contribution in [-0.2, 0) is 14.3 Å². The number of esters is 1. The molecule has 0 heterocycles. The maximum absolute atomic E-state index is 12.2. The molecule has 2 aliphatic rings. The fourth-order valence-electron chi connectivity index (χ4n) is 3.16. The van der Waals surface area contributed by atoms with Gasteiger partial charge in [0.15, 0.2) is 0 Å². The van der Waals surface area contributed by atoms with Crippen LogP contribution in [0.2, 0.25) is 0 Å². The minimum absolute atomic E-state index is 0.105. The highest BCUT2D eigenvalue weighted by Crippen LogP contribution is 2.35. The van der Waals surface area contributed by atoms with E-state index in [-0.39, 0.29) is 12.1 Å². The second-order valence-corrected chi connectivity index (χ2v) is 6.29. The van der Waals surface area contributed by atoms with Crippen LogP contribution in [0.5, 0.6) is 0 Å². The summed E-state index contributed by atoms with van der Waals surface area (Å²) in [6.45, 7) is 3.02. The van der Waals surface area contributed by atoms with E-state index in [1.54, 1.807) is 0 Å². The Kier molecular flexibility index (Phi) is 5.85. The Labute approximate surface area is 122 Å². The SMILES string of the molecule is CCCCCOC1CCCC(NC2CC2)(C(=O)OC)C1. The van der Waals surface area contributed by atoms with Gasteiger partial charge in [-0.05, 0) is 38.5 Å². The average Bonchev–Trinajstić information content (AvgIpc) is 3.27. The first-order valence-electron chi connectivity index (χ1n) is 8.18. The summed E-state index contributed by atoms with van der Waals surface area (Å²) in [4.78, 5) is 12.2. The molecule has 2 aliphatic carbocycles. The number of hydrogen-bond acceptors (Lipinski definition) is 4. The van der Waals surface area contributed by atoms with Gasteiger partial charge in [0.05, 0.1) is 13.2 Å². The number of carbonyl (C=O) groups excluding carboxylic acids is 1. The summed E-state index contributed by atoms with van der Waals surface area (Å²) in [7, 11) is 1.49. The van der Waals surface area contributed by atoms with Crippen LogP contribution in [0.15, 0.2) is 0 Å². The number of methoxy groups -OCH3 is 1. The van der Waals surface area contributed by atoms with Gasteiger partial charge < -0.3 is 9.47 Å². The molecular formula is C16H29NO3. The van der Waals surface area contributed by atoms with Crippen LogP contribution in [0.4, 0.5) is 0 Å². The summed E-state index contributed by atoms with van der Waals surface area (Å²) in [6, 6.07) is 0.507. The summed E-state index contributed by atoms with van der Waals surface area (Å²) in [6.07, 6.45) is 9.86. The highest BCUT2D eigenvalue weighted by molar-refractivity contribution is 5.81. The smallest absolute Gasteiger partial charge is 0.326 e. The Morgan fingerprint density at radius 2 is 2.10 bits per heavy atom. The molecule has 2 unspecified atom stereocenters. The number of ether oxygens (including phenoxy) is 2. The van der Waals surface area contributed by atoms with Crippen LogP contribution in [0, 0.1) is 0 Å². The van der Waals surface area contributed by atoms with Crippen LogP contribution in [0.25, 0.3) is 0 Å². The van der Waals surface area contributed by atoms with Gasteiger partial charge in [-0.1, -0.05) is 19.8 Å². The summed E-state index contributed by atoms with van der Waals surface area (Å²) < 4.78 is 11.0. The van der Waals surface area contributed by atoms with Crippen molar-refractivity contribution in [2.24, 2.45) is 0 Å². The normalized spacial score (nSPS) is 30.2. The number of unbranched alkanes of at least 4 members (excludes halogenated alkanes) is 2. The van der Waals surface area contributed by atoms with Gasteiger partial charge in [0.25, 0.3) is 0 Å². The molecule has 0 spiro atoms. The molecule has 0 amide bonds. The van der Waals surface area contributed by atoms with E-state index in [9.17, 15) is 4.79 Å². The van der Waals surface area contributed by atoms with Crippen molar-refractivity contribution in [1.82, 2.24) is 5.32 Å². The second kappa shape index (κ2) is 7.41.